The first-order valence-corrected chi connectivity index (χ1v) is 5.39. The Morgan fingerprint density at radius 2 is 2.00 bits per heavy atom. The first kappa shape index (κ1) is 12.8. The summed E-state index contributed by atoms with van der Waals surface area (Å²) in [6, 6.07) is 5.83. The molecule has 0 radical (unpaired) electrons. The molecule has 0 unspecified atom stereocenters. The van der Waals surface area contributed by atoms with E-state index in [2.05, 4.69) is 0 Å². The fraction of sp³-hybridized carbons (Fsp3) is 0.500. The molecule has 0 aliphatic heterocycles. The number of hydrogen-bond acceptors (Lipinski definition) is 4. The van der Waals surface area contributed by atoms with Crippen LogP contribution in [0.5, 0.6) is 11.5 Å². The monoisotopic (exact) mass is 225 g/mol. The summed E-state index contributed by atoms with van der Waals surface area (Å²) in [7, 11) is 1.59. The Morgan fingerprint density at radius 3 is 2.62 bits per heavy atom. The van der Waals surface area contributed by atoms with Gasteiger partial charge >= 0.3 is 0 Å². The summed E-state index contributed by atoms with van der Waals surface area (Å²) < 4.78 is 15.8. The van der Waals surface area contributed by atoms with Crippen molar-refractivity contribution in [1.29, 1.82) is 0 Å². The molecular formula is C12H19NO3. The van der Waals surface area contributed by atoms with Gasteiger partial charge in [-0.05, 0) is 37.6 Å². The van der Waals surface area contributed by atoms with Crippen molar-refractivity contribution in [3.63, 3.8) is 0 Å². The van der Waals surface area contributed by atoms with Crippen LogP contribution in [0.4, 0.5) is 0 Å². The Kier molecular flexibility index (Phi) is 5.67. The molecule has 0 aromatic heterocycles. The average molecular weight is 225 g/mol. The fourth-order valence-electron chi connectivity index (χ4n) is 1.38. The average Bonchev–Trinajstić information content (AvgIpc) is 2.29. The molecule has 0 saturated heterocycles. The SMILES string of the molecule is CCOc1cc(CCN)ccc1OCOC. The summed E-state index contributed by atoms with van der Waals surface area (Å²) in [5, 5.41) is 0. The molecule has 0 heterocycles. The Morgan fingerprint density at radius 1 is 1.19 bits per heavy atom. The summed E-state index contributed by atoms with van der Waals surface area (Å²) in [6.45, 7) is 3.39. The normalized spacial score (nSPS) is 10.2. The van der Waals surface area contributed by atoms with E-state index in [1.54, 1.807) is 7.11 Å². The lowest BCUT2D eigenvalue weighted by molar-refractivity contribution is 0.0487. The van der Waals surface area contributed by atoms with Gasteiger partial charge < -0.3 is 19.9 Å². The number of methoxy groups -OCH3 is 1. The molecule has 0 aliphatic carbocycles. The van der Waals surface area contributed by atoms with E-state index >= 15 is 0 Å². The predicted octanol–water partition coefficient (Wildman–Crippen LogP) is 1.57. The Hall–Kier alpha value is -1.26. The molecule has 0 spiro atoms. The van der Waals surface area contributed by atoms with E-state index in [4.69, 9.17) is 19.9 Å². The summed E-state index contributed by atoms with van der Waals surface area (Å²) in [5.74, 6) is 1.44. The molecule has 0 bridgehead atoms. The molecule has 0 amide bonds. The van der Waals surface area contributed by atoms with Gasteiger partial charge in [0.2, 0.25) is 0 Å². The van der Waals surface area contributed by atoms with Crippen LogP contribution in [-0.2, 0) is 11.2 Å². The van der Waals surface area contributed by atoms with Crippen LogP contribution in [0.1, 0.15) is 12.5 Å². The van der Waals surface area contributed by atoms with Gasteiger partial charge in [-0.15, -0.1) is 0 Å². The fourth-order valence-corrected chi connectivity index (χ4v) is 1.38. The summed E-state index contributed by atoms with van der Waals surface area (Å²) >= 11 is 0. The Bertz CT molecular complexity index is 315. The van der Waals surface area contributed by atoms with Gasteiger partial charge in [-0.2, -0.15) is 0 Å². The molecule has 0 atom stereocenters. The van der Waals surface area contributed by atoms with E-state index in [0.29, 0.717) is 18.9 Å². The van der Waals surface area contributed by atoms with Crippen molar-refractivity contribution in [1.82, 2.24) is 0 Å². The molecule has 1 rings (SSSR count). The highest BCUT2D eigenvalue weighted by Crippen LogP contribution is 2.28. The molecule has 0 fully saturated rings. The third kappa shape index (κ3) is 3.72. The van der Waals surface area contributed by atoms with Crippen LogP contribution in [0.25, 0.3) is 0 Å². The molecular weight excluding hydrogens is 206 g/mol. The second kappa shape index (κ2) is 7.09. The Balaban J connectivity index is 2.80. The molecule has 1 aromatic carbocycles. The molecule has 16 heavy (non-hydrogen) atoms. The predicted molar refractivity (Wildman–Crippen MR) is 62.9 cm³/mol. The van der Waals surface area contributed by atoms with E-state index < -0.39 is 0 Å². The van der Waals surface area contributed by atoms with E-state index in [-0.39, 0.29) is 6.79 Å². The molecule has 0 saturated carbocycles. The van der Waals surface area contributed by atoms with Crippen LogP contribution in [0.3, 0.4) is 0 Å². The van der Waals surface area contributed by atoms with Gasteiger partial charge in [-0.3, -0.25) is 0 Å². The topological polar surface area (TPSA) is 53.7 Å². The van der Waals surface area contributed by atoms with Crippen molar-refractivity contribution < 1.29 is 14.2 Å². The third-order valence-electron chi connectivity index (χ3n) is 2.07. The summed E-state index contributed by atoms with van der Waals surface area (Å²) in [5.41, 5.74) is 6.66. The minimum atomic E-state index is 0.219. The number of rotatable bonds is 7. The first-order valence-electron chi connectivity index (χ1n) is 5.39. The third-order valence-corrected chi connectivity index (χ3v) is 2.07. The number of benzene rings is 1. The maximum atomic E-state index is 5.51. The quantitative estimate of drug-likeness (QED) is 0.716. The van der Waals surface area contributed by atoms with E-state index in [1.807, 2.05) is 25.1 Å². The van der Waals surface area contributed by atoms with Crippen molar-refractivity contribution in [2.75, 3.05) is 27.1 Å². The summed E-state index contributed by atoms with van der Waals surface area (Å²) in [4.78, 5) is 0. The number of ether oxygens (including phenoxy) is 3. The number of hydrogen-bond donors (Lipinski definition) is 1. The van der Waals surface area contributed by atoms with Gasteiger partial charge in [0, 0.05) is 7.11 Å². The minimum absolute atomic E-state index is 0.219. The lowest BCUT2D eigenvalue weighted by Crippen LogP contribution is -2.05. The Labute approximate surface area is 96.3 Å². The molecule has 90 valence electrons. The first-order chi connectivity index (χ1) is 7.81. The van der Waals surface area contributed by atoms with Crippen LogP contribution in [-0.4, -0.2) is 27.1 Å². The van der Waals surface area contributed by atoms with Gasteiger partial charge in [0.25, 0.3) is 0 Å². The van der Waals surface area contributed by atoms with Crippen molar-refractivity contribution >= 4 is 0 Å². The van der Waals surface area contributed by atoms with Crippen LogP contribution in [0.2, 0.25) is 0 Å². The largest absolute Gasteiger partial charge is 0.490 e. The van der Waals surface area contributed by atoms with E-state index in [9.17, 15) is 0 Å². The van der Waals surface area contributed by atoms with Gasteiger partial charge in [-0.25, -0.2) is 0 Å². The molecule has 1 aromatic rings. The highest BCUT2D eigenvalue weighted by atomic mass is 16.7. The lowest BCUT2D eigenvalue weighted by atomic mass is 10.1. The molecule has 4 heteroatoms. The van der Waals surface area contributed by atoms with Crippen LogP contribution < -0.4 is 15.2 Å². The van der Waals surface area contributed by atoms with Crippen LogP contribution in [0, 0.1) is 0 Å². The zero-order valence-corrected chi connectivity index (χ0v) is 9.86. The van der Waals surface area contributed by atoms with Gasteiger partial charge in [0.15, 0.2) is 18.3 Å². The molecule has 2 N–H and O–H groups in total. The van der Waals surface area contributed by atoms with Gasteiger partial charge in [-0.1, -0.05) is 6.07 Å². The zero-order valence-electron chi connectivity index (χ0n) is 9.86. The molecule has 0 aliphatic rings. The van der Waals surface area contributed by atoms with Gasteiger partial charge in [0.1, 0.15) is 0 Å². The van der Waals surface area contributed by atoms with Crippen molar-refractivity contribution in [2.45, 2.75) is 13.3 Å². The molecule has 4 nitrogen and oxygen atoms in total. The van der Waals surface area contributed by atoms with Gasteiger partial charge in [0.05, 0.1) is 6.61 Å². The maximum Gasteiger partial charge on any atom is 0.188 e. The van der Waals surface area contributed by atoms with Crippen molar-refractivity contribution in [3.8, 4) is 11.5 Å². The van der Waals surface area contributed by atoms with Crippen LogP contribution >= 0.6 is 0 Å². The lowest BCUT2D eigenvalue weighted by Gasteiger charge is -2.12. The zero-order chi connectivity index (χ0) is 11.8. The maximum absolute atomic E-state index is 5.51. The summed E-state index contributed by atoms with van der Waals surface area (Å²) in [6.07, 6.45) is 0.838. The van der Waals surface area contributed by atoms with Crippen molar-refractivity contribution in [3.05, 3.63) is 23.8 Å². The highest BCUT2D eigenvalue weighted by molar-refractivity contribution is 5.43. The van der Waals surface area contributed by atoms with E-state index in [0.717, 1.165) is 17.7 Å². The highest BCUT2D eigenvalue weighted by Gasteiger charge is 2.05. The second-order valence-corrected chi connectivity index (χ2v) is 3.30. The smallest absolute Gasteiger partial charge is 0.188 e. The van der Waals surface area contributed by atoms with E-state index in [1.165, 1.54) is 0 Å². The standard InChI is InChI=1S/C12H19NO3/c1-3-15-12-8-10(6-7-13)4-5-11(12)16-9-14-2/h4-5,8H,3,6-7,9,13H2,1-2H3. The number of nitrogens with two attached hydrogens (primary N) is 1. The second-order valence-electron chi connectivity index (χ2n) is 3.30. The van der Waals surface area contributed by atoms with Crippen LogP contribution in [0.15, 0.2) is 18.2 Å². The minimum Gasteiger partial charge on any atom is -0.490 e. The van der Waals surface area contributed by atoms with Crippen molar-refractivity contribution in [2.24, 2.45) is 5.73 Å².